The number of likely N-dealkylation sites (N-methyl/N-ethyl adjacent to an activating group) is 1. The number of carbonyl (C=O) groups excluding carboxylic acids is 1. The van der Waals surface area contributed by atoms with Gasteiger partial charge in [0, 0.05) is 7.05 Å². The minimum absolute atomic E-state index is 0.0558. The first-order valence-corrected chi connectivity index (χ1v) is 6.56. The molecule has 1 aromatic heterocycles. The molecule has 0 saturated carbocycles. The van der Waals surface area contributed by atoms with Gasteiger partial charge in [0.2, 0.25) is 11.2 Å². The van der Waals surface area contributed by atoms with Crippen LogP contribution in [0.1, 0.15) is 5.56 Å². The van der Waals surface area contributed by atoms with Crippen molar-refractivity contribution in [2.45, 2.75) is 12.7 Å². The summed E-state index contributed by atoms with van der Waals surface area (Å²) in [5, 5.41) is 8.72. The lowest BCUT2D eigenvalue weighted by molar-refractivity contribution is -0.158. The number of nitriles is 1. The van der Waals surface area contributed by atoms with E-state index >= 15 is 0 Å². The number of halogens is 5. The summed E-state index contributed by atoms with van der Waals surface area (Å²) in [6.07, 6.45) is -4.54. The molecule has 2 rings (SSSR count). The first kappa shape index (κ1) is 17.0. The number of amides is 1. The third kappa shape index (κ3) is 3.71. The maximum Gasteiger partial charge on any atom is 0.406 e. The summed E-state index contributed by atoms with van der Waals surface area (Å²) < 4.78 is 51.5. The third-order valence-electron chi connectivity index (χ3n) is 3.03. The third-order valence-corrected chi connectivity index (χ3v) is 3.32. The zero-order chi connectivity index (χ0) is 17.4. The second-order valence-corrected chi connectivity index (χ2v) is 5.10. The number of rotatable bonds is 3. The van der Waals surface area contributed by atoms with Crippen molar-refractivity contribution in [1.82, 2.24) is 14.5 Å². The summed E-state index contributed by atoms with van der Waals surface area (Å²) in [5.41, 5.74) is 0.0437. The van der Waals surface area contributed by atoms with Gasteiger partial charge in [-0.15, -0.1) is 0 Å². The molecule has 0 radical (unpaired) electrons. The molecule has 0 bridgehead atoms. The number of imidazole rings is 1. The number of hydrogen-bond donors (Lipinski definition) is 0. The molecule has 122 valence electrons. The number of fused-ring (bicyclic) bond motifs is 1. The molecule has 5 nitrogen and oxygen atoms in total. The maximum absolute atomic E-state index is 13.5. The van der Waals surface area contributed by atoms with Crippen LogP contribution < -0.4 is 0 Å². The van der Waals surface area contributed by atoms with Gasteiger partial charge in [-0.2, -0.15) is 18.4 Å². The molecular formula is C13H9ClF4N4O. The number of hydrogen-bond acceptors (Lipinski definition) is 3. The highest BCUT2D eigenvalue weighted by atomic mass is 35.5. The van der Waals surface area contributed by atoms with Gasteiger partial charge >= 0.3 is 6.18 Å². The highest BCUT2D eigenvalue weighted by Crippen LogP contribution is 2.24. The maximum atomic E-state index is 13.5. The number of carbonyl (C=O) groups is 1. The molecule has 23 heavy (non-hydrogen) atoms. The van der Waals surface area contributed by atoms with Crippen molar-refractivity contribution < 1.29 is 22.4 Å². The van der Waals surface area contributed by atoms with Crippen LogP contribution in [0.4, 0.5) is 17.6 Å². The molecular weight excluding hydrogens is 340 g/mol. The average molecular weight is 349 g/mol. The minimum atomic E-state index is -4.54. The smallest absolute Gasteiger partial charge is 0.335 e. The van der Waals surface area contributed by atoms with E-state index in [4.69, 9.17) is 16.9 Å². The van der Waals surface area contributed by atoms with E-state index < -0.39 is 31.0 Å². The van der Waals surface area contributed by atoms with Crippen LogP contribution in [0.2, 0.25) is 5.28 Å². The summed E-state index contributed by atoms with van der Waals surface area (Å²) >= 11 is 5.86. The van der Waals surface area contributed by atoms with Crippen LogP contribution in [0.25, 0.3) is 11.0 Å². The molecule has 0 aliphatic carbocycles. The molecule has 0 aliphatic rings. The van der Waals surface area contributed by atoms with E-state index in [1.165, 1.54) is 0 Å². The van der Waals surface area contributed by atoms with Crippen molar-refractivity contribution in [2.24, 2.45) is 0 Å². The first-order chi connectivity index (χ1) is 10.6. The number of alkyl halides is 3. The molecule has 0 spiro atoms. The number of benzene rings is 1. The lowest BCUT2D eigenvalue weighted by atomic mass is 10.2. The van der Waals surface area contributed by atoms with Gasteiger partial charge in [-0.3, -0.25) is 4.79 Å². The summed E-state index contributed by atoms with van der Waals surface area (Å²) in [5.74, 6) is -1.63. The predicted molar refractivity (Wildman–Crippen MR) is 73.1 cm³/mol. The second-order valence-electron chi connectivity index (χ2n) is 4.76. The van der Waals surface area contributed by atoms with Gasteiger partial charge in [-0.1, -0.05) is 0 Å². The van der Waals surface area contributed by atoms with E-state index in [1.807, 2.05) is 0 Å². The fourth-order valence-electron chi connectivity index (χ4n) is 2.01. The number of nitrogens with zero attached hydrogens (tertiary/aromatic N) is 4. The van der Waals surface area contributed by atoms with Crippen LogP contribution in [-0.2, 0) is 11.3 Å². The van der Waals surface area contributed by atoms with E-state index in [9.17, 15) is 22.4 Å². The van der Waals surface area contributed by atoms with Crippen LogP contribution in [0.5, 0.6) is 0 Å². The van der Waals surface area contributed by atoms with Gasteiger partial charge in [0.05, 0.1) is 11.1 Å². The van der Waals surface area contributed by atoms with Gasteiger partial charge < -0.3 is 9.47 Å². The Hall–Kier alpha value is -2.34. The molecule has 1 aromatic carbocycles. The van der Waals surface area contributed by atoms with Crippen molar-refractivity contribution in [3.8, 4) is 6.07 Å². The van der Waals surface area contributed by atoms with Gasteiger partial charge in [0.25, 0.3) is 0 Å². The quantitative estimate of drug-likeness (QED) is 0.801. The Bertz CT molecular complexity index is 809. The molecule has 0 fully saturated rings. The molecule has 0 aliphatic heterocycles. The SMILES string of the molecule is CN(CC(F)(F)F)C(=O)Cn1c(Cl)nc2c(C#N)cc(F)cc21. The van der Waals surface area contributed by atoms with Crippen molar-refractivity contribution in [1.29, 1.82) is 5.26 Å². The standard InChI is InChI=1S/C13H9ClF4N4O/c1-21(6-13(16,17)18)10(23)5-22-9-3-8(15)2-7(4-19)11(9)20-12(22)14/h2-3H,5-6H2,1H3. The molecule has 10 heteroatoms. The van der Waals surface area contributed by atoms with Gasteiger partial charge in [-0.05, 0) is 23.7 Å². The Morgan fingerprint density at radius 3 is 2.70 bits per heavy atom. The minimum Gasteiger partial charge on any atom is -0.335 e. The van der Waals surface area contributed by atoms with E-state index in [0.29, 0.717) is 4.90 Å². The van der Waals surface area contributed by atoms with Crippen molar-refractivity contribution in [2.75, 3.05) is 13.6 Å². The van der Waals surface area contributed by atoms with Crippen molar-refractivity contribution in [3.05, 3.63) is 28.8 Å². The average Bonchev–Trinajstić information content (AvgIpc) is 2.72. The van der Waals surface area contributed by atoms with Crippen LogP contribution in [-0.4, -0.2) is 40.1 Å². The van der Waals surface area contributed by atoms with E-state index in [1.54, 1.807) is 6.07 Å². The highest BCUT2D eigenvalue weighted by Gasteiger charge is 2.31. The van der Waals surface area contributed by atoms with E-state index in [2.05, 4.69) is 4.98 Å². The molecule has 2 aromatic rings. The summed E-state index contributed by atoms with van der Waals surface area (Å²) in [7, 11) is 0.990. The molecule has 1 heterocycles. The summed E-state index contributed by atoms with van der Waals surface area (Å²) in [6, 6.07) is 3.70. The zero-order valence-electron chi connectivity index (χ0n) is 11.7. The van der Waals surface area contributed by atoms with Crippen LogP contribution in [0.3, 0.4) is 0 Å². The van der Waals surface area contributed by atoms with Crippen molar-refractivity contribution in [3.63, 3.8) is 0 Å². The molecule has 0 N–H and O–H groups in total. The molecule has 0 saturated heterocycles. The van der Waals surface area contributed by atoms with Crippen LogP contribution in [0.15, 0.2) is 12.1 Å². The Morgan fingerprint density at radius 2 is 2.13 bits per heavy atom. The lowest BCUT2D eigenvalue weighted by Gasteiger charge is -2.19. The van der Waals surface area contributed by atoms with Crippen molar-refractivity contribution >= 4 is 28.5 Å². The molecule has 0 unspecified atom stereocenters. The fourth-order valence-corrected chi connectivity index (χ4v) is 2.24. The Balaban J connectivity index is 2.37. The van der Waals surface area contributed by atoms with Gasteiger partial charge in [0.15, 0.2) is 0 Å². The Labute approximate surface area is 132 Å². The number of aromatic nitrogens is 2. The Morgan fingerprint density at radius 1 is 1.48 bits per heavy atom. The monoisotopic (exact) mass is 348 g/mol. The highest BCUT2D eigenvalue weighted by molar-refractivity contribution is 6.29. The van der Waals surface area contributed by atoms with E-state index in [0.717, 1.165) is 23.7 Å². The summed E-state index contributed by atoms with van der Waals surface area (Å²) in [4.78, 5) is 16.2. The normalized spacial score (nSPS) is 11.5. The van der Waals surface area contributed by atoms with E-state index in [-0.39, 0.29) is 21.9 Å². The molecule has 1 amide bonds. The van der Waals surface area contributed by atoms with Gasteiger partial charge in [-0.25, -0.2) is 9.37 Å². The van der Waals surface area contributed by atoms with Crippen LogP contribution in [0, 0.1) is 17.1 Å². The zero-order valence-corrected chi connectivity index (χ0v) is 12.4. The fraction of sp³-hybridized carbons (Fsp3) is 0.308. The second kappa shape index (κ2) is 6.04. The largest absolute Gasteiger partial charge is 0.406 e. The van der Waals surface area contributed by atoms with Gasteiger partial charge in [0.1, 0.15) is 30.5 Å². The van der Waals surface area contributed by atoms with Crippen LogP contribution >= 0.6 is 11.6 Å². The lowest BCUT2D eigenvalue weighted by Crippen LogP contribution is -2.37. The first-order valence-electron chi connectivity index (χ1n) is 6.18. The summed E-state index contributed by atoms with van der Waals surface area (Å²) in [6.45, 7) is -1.98. The predicted octanol–water partition coefficient (Wildman–Crippen LogP) is 2.72. The topological polar surface area (TPSA) is 61.9 Å². The Kier molecular flexibility index (Phi) is 4.47. The molecule has 0 atom stereocenters.